The average molecular weight is 353 g/mol. The van der Waals surface area contributed by atoms with Crippen LogP contribution in [-0.2, 0) is 10.0 Å². The Labute approximate surface area is 144 Å². The summed E-state index contributed by atoms with van der Waals surface area (Å²) in [5.41, 5.74) is 0. The fourth-order valence-electron chi connectivity index (χ4n) is 3.19. The van der Waals surface area contributed by atoms with E-state index in [1.807, 2.05) is 0 Å². The molecule has 134 valence electrons. The standard InChI is InChI=1S/C17H27N3O3S/c1-19-9-10-20(11-14-3-4-14)13-15(12-19)18-24(21,22)17-7-5-16(23-2)6-8-17/h5-8,14-15,18H,3-4,9-13H2,1-2H3/t15-/m0/s1. The van der Waals surface area contributed by atoms with Crippen molar-refractivity contribution < 1.29 is 13.2 Å². The quantitative estimate of drug-likeness (QED) is 0.827. The third kappa shape index (κ3) is 4.69. The lowest BCUT2D eigenvalue weighted by Crippen LogP contribution is -2.46. The predicted molar refractivity (Wildman–Crippen MR) is 93.8 cm³/mol. The first-order valence-corrected chi connectivity index (χ1v) is 10.0. The van der Waals surface area contributed by atoms with Crippen molar-refractivity contribution in [2.45, 2.75) is 23.8 Å². The first-order chi connectivity index (χ1) is 11.5. The molecule has 0 bridgehead atoms. The van der Waals surface area contributed by atoms with Crippen molar-refractivity contribution in [2.24, 2.45) is 5.92 Å². The second-order valence-corrected chi connectivity index (χ2v) is 8.67. The molecule has 1 aliphatic heterocycles. The molecule has 2 aliphatic rings. The van der Waals surface area contributed by atoms with Crippen molar-refractivity contribution in [1.82, 2.24) is 14.5 Å². The molecule has 0 unspecified atom stereocenters. The van der Waals surface area contributed by atoms with Crippen LogP contribution in [0.1, 0.15) is 12.8 Å². The molecule has 1 heterocycles. The van der Waals surface area contributed by atoms with Gasteiger partial charge in [-0.25, -0.2) is 13.1 Å². The average Bonchev–Trinajstić information content (AvgIpc) is 3.37. The van der Waals surface area contributed by atoms with Crippen LogP contribution >= 0.6 is 0 Å². The smallest absolute Gasteiger partial charge is 0.240 e. The maximum atomic E-state index is 12.7. The third-order valence-electron chi connectivity index (χ3n) is 4.71. The number of likely N-dealkylation sites (N-methyl/N-ethyl adjacent to an activating group) is 1. The van der Waals surface area contributed by atoms with Crippen LogP contribution in [0.5, 0.6) is 5.75 Å². The SMILES string of the molecule is COc1ccc(S(=O)(=O)N[C@H]2CN(C)CCN(CC3CC3)C2)cc1. The molecule has 0 aromatic heterocycles. The summed E-state index contributed by atoms with van der Waals surface area (Å²) in [6.07, 6.45) is 2.63. The van der Waals surface area contributed by atoms with Crippen molar-refractivity contribution in [3.05, 3.63) is 24.3 Å². The largest absolute Gasteiger partial charge is 0.497 e. The number of benzene rings is 1. The number of hydrogen-bond donors (Lipinski definition) is 1. The molecule has 0 radical (unpaired) electrons. The summed E-state index contributed by atoms with van der Waals surface area (Å²) in [5.74, 6) is 1.46. The summed E-state index contributed by atoms with van der Waals surface area (Å²) >= 11 is 0. The highest BCUT2D eigenvalue weighted by molar-refractivity contribution is 7.89. The Morgan fingerprint density at radius 1 is 1.17 bits per heavy atom. The molecule has 1 N–H and O–H groups in total. The van der Waals surface area contributed by atoms with Gasteiger partial charge in [-0.2, -0.15) is 0 Å². The van der Waals surface area contributed by atoms with Crippen LogP contribution in [0, 0.1) is 5.92 Å². The number of sulfonamides is 1. The number of methoxy groups -OCH3 is 1. The molecule has 24 heavy (non-hydrogen) atoms. The summed E-state index contributed by atoms with van der Waals surface area (Å²) in [4.78, 5) is 4.89. The minimum atomic E-state index is -3.52. The molecular formula is C17H27N3O3S. The van der Waals surface area contributed by atoms with E-state index in [4.69, 9.17) is 4.74 Å². The molecule has 3 rings (SSSR count). The predicted octanol–water partition coefficient (Wildman–Crippen LogP) is 1.000. The highest BCUT2D eigenvalue weighted by Crippen LogP contribution is 2.30. The van der Waals surface area contributed by atoms with Gasteiger partial charge in [0.1, 0.15) is 5.75 Å². The Morgan fingerprint density at radius 3 is 2.50 bits per heavy atom. The van der Waals surface area contributed by atoms with Gasteiger partial charge < -0.3 is 14.5 Å². The van der Waals surface area contributed by atoms with Gasteiger partial charge in [-0.15, -0.1) is 0 Å². The van der Waals surface area contributed by atoms with Gasteiger partial charge >= 0.3 is 0 Å². The molecule has 1 saturated heterocycles. The van der Waals surface area contributed by atoms with Crippen LogP contribution in [0.15, 0.2) is 29.2 Å². The Kier molecular flexibility index (Phi) is 5.44. The molecular weight excluding hydrogens is 326 g/mol. The number of rotatable bonds is 6. The summed E-state index contributed by atoms with van der Waals surface area (Å²) in [6, 6.07) is 6.43. The van der Waals surface area contributed by atoms with E-state index in [-0.39, 0.29) is 10.9 Å². The third-order valence-corrected chi connectivity index (χ3v) is 6.25. The van der Waals surface area contributed by atoms with Gasteiger partial charge in [0.15, 0.2) is 0 Å². The lowest BCUT2D eigenvalue weighted by Gasteiger charge is -2.24. The van der Waals surface area contributed by atoms with Gasteiger partial charge in [0.05, 0.1) is 12.0 Å². The van der Waals surface area contributed by atoms with E-state index in [1.165, 1.54) is 12.8 Å². The van der Waals surface area contributed by atoms with Crippen LogP contribution in [-0.4, -0.2) is 71.1 Å². The Hall–Kier alpha value is -1.15. The molecule has 1 saturated carbocycles. The minimum absolute atomic E-state index is 0.0941. The second kappa shape index (κ2) is 7.39. The maximum absolute atomic E-state index is 12.7. The van der Waals surface area contributed by atoms with Crippen molar-refractivity contribution in [2.75, 3.05) is 46.9 Å². The topological polar surface area (TPSA) is 61.9 Å². The van der Waals surface area contributed by atoms with E-state index in [9.17, 15) is 8.42 Å². The molecule has 2 fully saturated rings. The normalized spacial score (nSPS) is 23.8. The number of nitrogens with one attached hydrogen (secondary N) is 1. The summed E-state index contributed by atoms with van der Waals surface area (Å²) in [7, 11) is 0.0983. The molecule has 0 spiro atoms. The maximum Gasteiger partial charge on any atom is 0.240 e. The number of hydrogen-bond acceptors (Lipinski definition) is 5. The van der Waals surface area contributed by atoms with E-state index in [1.54, 1.807) is 31.4 Å². The van der Waals surface area contributed by atoms with Crippen LogP contribution in [0.25, 0.3) is 0 Å². The van der Waals surface area contributed by atoms with Gasteiger partial charge in [-0.1, -0.05) is 0 Å². The Morgan fingerprint density at radius 2 is 1.88 bits per heavy atom. The number of ether oxygens (including phenoxy) is 1. The van der Waals surface area contributed by atoms with E-state index < -0.39 is 10.0 Å². The highest BCUT2D eigenvalue weighted by atomic mass is 32.2. The Bertz CT molecular complexity index is 644. The fourth-order valence-corrected chi connectivity index (χ4v) is 4.41. The fraction of sp³-hybridized carbons (Fsp3) is 0.647. The summed E-state index contributed by atoms with van der Waals surface area (Å²) in [5, 5.41) is 0. The molecule has 0 amide bonds. The monoisotopic (exact) mass is 353 g/mol. The van der Waals surface area contributed by atoms with E-state index in [0.29, 0.717) is 5.75 Å². The molecule has 6 nitrogen and oxygen atoms in total. The zero-order chi connectivity index (χ0) is 17.2. The van der Waals surface area contributed by atoms with E-state index >= 15 is 0 Å². The molecule has 1 atom stereocenters. The molecule has 1 aromatic rings. The van der Waals surface area contributed by atoms with E-state index in [2.05, 4.69) is 21.6 Å². The summed E-state index contributed by atoms with van der Waals surface area (Å²) < 4.78 is 33.3. The van der Waals surface area contributed by atoms with Crippen LogP contribution in [0.2, 0.25) is 0 Å². The molecule has 1 aromatic carbocycles. The lowest BCUT2D eigenvalue weighted by atomic mass is 10.2. The van der Waals surface area contributed by atoms with Crippen LogP contribution in [0.3, 0.4) is 0 Å². The second-order valence-electron chi connectivity index (χ2n) is 6.96. The Balaban J connectivity index is 1.68. The van der Waals surface area contributed by atoms with Gasteiger partial charge in [0.2, 0.25) is 10.0 Å². The van der Waals surface area contributed by atoms with Gasteiger partial charge in [0, 0.05) is 38.8 Å². The van der Waals surface area contributed by atoms with Crippen LogP contribution in [0.4, 0.5) is 0 Å². The van der Waals surface area contributed by atoms with Crippen molar-refractivity contribution in [3.63, 3.8) is 0 Å². The van der Waals surface area contributed by atoms with E-state index in [0.717, 1.165) is 38.6 Å². The van der Waals surface area contributed by atoms with Gasteiger partial charge in [-0.3, -0.25) is 0 Å². The first kappa shape index (κ1) is 17.7. The van der Waals surface area contributed by atoms with Crippen molar-refractivity contribution >= 4 is 10.0 Å². The minimum Gasteiger partial charge on any atom is -0.497 e. The summed E-state index contributed by atoms with van der Waals surface area (Å²) in [6.45, 7) is 4.59. The first-order valence-electron chi connectivity index (χ1n) is 8.53. The lowest BCUT2D eigenvalue weighted by molar-refractivity contribution is 0.260. The van der Waals surface area contributed by atoms with Crippen molar-refractivity contribution in [3.8, 4) is 5.75 Å². The molecule has 7 heteroatoms. The highest BCUT2D eigenvalue weighted by Gasteiger charge is 2.29. The zero-order valence-corrected chi connectivity index (χ0v) is 15.3. The van der Waals surface area contributed by atoms with Crippen molar-refractivity contribution in [1.29, 1.82) is 0 Å². The molecule has 1 aliphatic carbocycles. The number of nitrogens with zero attached hydrogens (tertiary/aromatic N) is 2. The van der Waals surface area contributed by atoms with Gasteiger partial charge in [-0.05, 0) is 50.1 Å². The zero-order valence-electron chi connectivity index (χ0n) is 14.4. The van der Waals surface area contributed by atoms with Gasteiger partial charge in [0.25, 0.3) is 0 Å². The van der Waals surface area contributed by atoms with Crippen LogP contribution < -0.4 is 9.46 Å².